The summed E-state index contributed by atoms with van der Waals surface area (Å²) in [4.78, 5) is 12.5. The van der Waals surface area contributed by atoms with Gasteiger partial charge in [0.05, 0.1) is 26.2 Å². The van der Waals surface area contributed by atoms with Gasteiger partial charge in [0.15, 0.2) is 23.0 Å². The second-order valence-electron chi connectivity index (χ2n) is 6.76. The fourth-order valence-corrected chi connectivity index (χ4v) is 4.84. The Bertz CT molecular complexity index is 945. The average molecular weight is 451 g/mol. The number of benzene rings is 2. The van der Waals surface area contributed by atoms with Crippen LogP contribution in [0.2, 0.25) is 0 Å². The number of para-hydroxylation sites is 2. The molecule has 9 nitrogen and oxygen atoms in total. The standard InChI is InChI=1S/C21H26N2O7S/c1-27-15-6-4-5-7-16(15)30-14-10-12-23(13-11-14)31(26)18-9-8-17(28-2)20(29-3)19(18)21(24)22-25/h4-9,14,25H,10-13H2,1-3H3,(H,22,24). The zero-order chi connectivity index (χ0) is 22.4. The number of methoxy groups -OCH3 is 3. The second kappa shape index (κ2) is 10.5. The molecule has 1 aliphatic rings. The first-order valence-electron chi connectivity index (χ1n) is 9.70. The summed E-state index contributed by atoms with van der Waals surface area (Å²) < 4.78 is 37.0. The van der Waals surface area contributed by atoms with Crippen molar-refractivity contribution in [1.29, 1.82) is 0 Å². The molecule has 31 heavy (non-hydrogen) atoms. The molecule has 10 heteroatoms. The van der Waals surface area contributed by atoms with Crippen molar-refractivity contribution >= 4 is 16.9 Å². The molecule has 0 saturated carbocycles. The molecule has 1 unspecified atom stereocenters. The molecule has 3 rings (SSSR count). The van der Waals surface area contributed by atoms with Gasteiger partial charge in [0.1, 0.15) is 22.7 Å². The minimum Gasteiger partial charge on any atom is -0.493 e. The molecule has 0 aliphatic carbocycles. The van der Waals surface area contributed by atoms with E-state index in [1.165, 1.54) is 14.2 Å². The van der Waals surface area contributed by atoms with E-state index in [1.54, 1.807) is 29.0 Å². The highest BCUT2D eigenvalue weighted by Crippen LogP contribution is 2.36. The number of hydroxylamine groups is 1. The molecule has 1 heterocycles. The van der Waals surface area contributed by atoms with Crippen molar-refractivity contribution < 1.29 is 33.2 Å². The molecule has 2 aromatic carbocycles. The van der Waals surface area contributed by atoms with Crippen LogP contribution < -0.4 is 24.4 Å². The van der Waals surface area contributed by atoms with Crippen LogP contribution in [0.5, 0.6) is 23.0 Å². The summed E-state index contributed by atoms with van der Waals surface area (Å²) in [6.07, 6.45) is 1.26. The average Bonchev–Trinajstić information content (AvgIpc) is 2.82. The van der Waals surface area contributed by atoms with Crippen molar-refractivity contribution in [3.8, 4) is 23.0 Å². The molecule has 168 valence electrons. The summed E-state index contributed by atoms with van der Waals surface area (Å²) in [5.74, 6) is 0.915. The molecular formula is C21H26N2O7S. The first-order valence-corrected chi connectivity index (χ1v) is 10.8. The lowest BCUT2D eigenvalue weighted by Gasteiger charge is -2.31. The lowest BCUT2D eigenvalue weighted by atomic mass is 10.1. The highest BCUT2D eigenvalue weighted by atomic mass is 32.2. The Kier molecular flexibility index (Phi) is 7.72. The summed E-state index contributed by atoms with van der Waals surface area (Å²) in [7, 11) is 2.75. The highest BCUT2D eigenvalue weighted by Gasteiger charge is 2.30. The van der Waals surface area contributed by atoms with Gasteiger partial charge in [0.2, 0.25) is 0 Å². The van der Waals surface area contributed by atoms with E-state index in [0.29, 0.717) is 43.2 Å². The van der Waals surface area contributed by atoms with Crippen LogP contribution in [0.25, 0.3) is 0 Å². The zero-order valence-corrected chi connectivity index (χ0v) is 18.4. The Morgan fingerprint density at radius 3 is 2.23 bits per heavy atom. The predicted octanol–water partition coefficient (Wildman–Crippen LogP) is 2.40. The maximum Gasteiger partial charge on any atom is 0.279 e. The molecule has 2 N–H and O–H groups in total. The van der Waals surface area contributed by atoms with Crippen molar-refractivity contribution in [3.05, 3.63) is 42.0 Å². The fraction of sp³-hybridized carbons (Fsp3) is 0.381. The molecule has 0 bridgehead atoms. The van der Waals surface area contributed by atoms with E-state index in [4.69, 9.17) is 18.9 Å². The van der Waals surface area contributed by atoms with Crippen LogP contribution in [0.1, 0.15) is 23.2 Å². The Hall–Kier alpha value is -2.82. The molecule has 0 aromatic heterocycles. The van der Waals surface area contributed by atoms with Gasteiger partial charge in [-0.15, -0.1) is 0 Å². The summed E-state index contributed by atoms with van der Waals surface area (Å²) in [5.41, 5.74) is 1.56. The van der Waals surface area contributed by atoms with Crippen molar-refractivity contribution in [2.75, 3.05) is 34.4 Å². The molecule has 1 atom stereocenters. The van der Waals surface area contributed by atoms with Crippen LogP contribution >= 0.6 is 0 Å². The van der Waals surface area contributed by atoms with Gasteiger partial charge in [-0.2, -0.15) is 0 Å². The van der Waals surface area contributed by atoms with E-state index in [1.807, 2.05) is 24.3 Å². The van der Waals surface area contributed by atoms with E-state index in [2.05, 4.69) is 0 Å². The van der Waals surface area contributed by atoms with Gasteiger partial charge in [-0.05, 0) is 37.1 Å². The third kappa shape index (κ3) is 4.92. The predicted molar refractivity (Wildman–Crippen MR) is 113 cm³/mol. The number of hydrogen-bond donors (Lipinski definition) is 2. The topological polar surface area (TPSA) is 107 Å². The zero-order valence-electron chi connectivity index (χ0n) is 17.6. The monoisotopic (exact) mass is 450 g/mol. The Labute approximate surface area is 183 Å². The smallest absolute Gasteiger partial charge is 0.279 e. The number of piperidine rings is 1. The van der Waals surface area contributed by atoms with E-state index in [-0.39, 0.29) is 22.3 Å². The molecule has 2 aromatic rings. The van der Waals surface area contributed by atoms with Gasteiger partial charge in [-0.25, -0.2) is 14.0 Å². The van der Waals surface area contributed by atoms with Crippen molar-refractivity contribution in [2.24, 2.45) is 0 Å². The quantitative estimate of drug-likeness (QED) is 0.470. The van der Waals surface area contributed by atoms with Gasteiger partial charge in [-0.1, -0.05) is 12.1 Å². The third-order valence-corrected chi connectivity index (χ3v) is 6.57. The van der Waals surface area contributed by atoms with Crippen LogP contribution in [0, 0.1) is 0 Å². The Morgan fingerprint density at radius 1 is 1.00 bits per heavy atom. The Morgan fingerprint density at radius 2 is 1.65 bits per heavy atom. The SMILES string of the molecule is COc1ccccc1OC1CCN(S(=O)c2ccc(OC)c(OC)c2C(=O)NO)CC1. The van der Waals surface area contributed by atoms with Crippen LogP contribution in [-0.4, -0.2) is 60.2 Å². The maximum absolute atomic E-state index is 13.3. The van der Waals surface area contributed by atoms with Crippen molar-refractivity contribution in [1.82, 2.24) is 9.79 Å². The number of amides is 1. The van der Waals surface area contributed by atoms with Crippen LogP contribution in [-0.2, 0) is 11.0 Å². The minimum atomic E-state index is -1.65. The number of nitrogens with one attached hydrogen (secondary N) is 1. The normalized spacial score (nSPS) is 15.7. The number of nitrogens with zero attached hydrogens (tertiary/aromatic N) is 1. The van der Waals surface area contributed by atoms with E-state index in [0.717, 1.165) is 0 Å². The summed E-state index contributed by atoms with van der Waals surface area (Å²) in [6, 6.07) is 10.6. The number of ether oxygens (including phenoxy) is 4. The summed E-state index contributed by atoms with van der Waals surface area (Å²) in [6.45, 7) is 1.00. The maximum atomic E-state index is 13.3. The van der Waals surface area contributed by atoms with Gasteiger partial charge in [0, 0.05) is 13.1 Å². The number of carbonyl (C=O) groups excluding carboxylic acids is 1. The van der Waals surface area contributed by atoms with Crippen LogP contribution in [0.15, 0.2) is 41.3 Å². The third-order valence-electron chi connectivity index (χ3n) is 5.02. The van der Waals surface area contributed by atoms with Crippen molar-refractivity contribution in [2.45, 2.75) is 23.8 Å². The molecular weight excluding hydrogens is 424 g/mol. The Balaban J connectivity index is 1.75. The highest BCUT2D eigenvalue weighted by molar-refractivity contribution is 7.82. The van der Waals surface area contributed by atoms with Crippen molar-refractivity contribution in [3.63, 3.8) is 0 Å². The lowest BCUT2D eigenvalue weighted by Crippen LogP contribution is -2.39. The first-order chi connectivity index (χ1) is 15.0. The molecule has 1 aliphatic heterocycles. The van der Waals surface area contributed by atoms with Crippen LogP contribution in [0.4, 0.5) is 0 Å². The molecule has 0 radical (unpaired) electrons. The fourth-order valence-electron chi connectivity index (χ4n) is 3.48. The first kappa shape index (κ1) is 22.9. The number of hydrogen-bond acceptors (Lipinski definition) is 7. The van der Waals surface area contributed by atoms with Gasteiger partial charge >= 0.3 is 0 Å². The summed E-state index contributed by atoms with van der Waals surface area (Å²) >= 11 is 0. The van der Waals surface area contributed by atoms with Gasteiger partial charge < -0.3 is 18.9 Å². The molecule has 1 fully saturated rings. The van der Waals surface area contributed by atoms with E-state index < -0.39 is 16.9 Å². The second-order valence-corrected chi connectivity index (χ2v) is 8.22. The van der Waals surface area contributed by atoms with E-state index in [9.17, 15) is 14.2 Å². The largest absolute Gasteiger partial charge is 0.493 e. The van der Waals surface area contributed by atoms with Crippen LogP contribution in [0.3, 0.4) is 0 Å². The molecule has 1 amide bonds. The number of carbonyl (C=O) groups is 1. The lowest BCUT2D eigenvalue weighted by molar-refractivity contribution is 0.0698. The van der Waals surface area contributed by atoms with Gasteiger partial charge in [0.25, 0.3) is 5.91 Å². The van der Waals surface area contributed by atoms with E-state index >= 15 is 0 Å². The summed E-state index contributed by atoms with van der Waals surface area (Å²) in [5, 5.41) is 9.17. The van der Waals surface area contributed by atoms with Gasteiger partial charge in [-0.3, -0.25) is 10.0 Å². The molecule has 0 spiro atoms. The minimum absolute atomic E-state index is 0.0323. The number of rotatable bonds is 8. The molecule has 1 saturated heterocycles.